The normalized spacial score (nSPS) is 15.7. The SMILES string of the molecule is COc1ccccc1N1CCN(Cc2cn(CCCF)nn2)CC1. The molecule has 1 aliphatic heterocycles. The van der Waals surface area contributed by atoms with Crippen molar-refractivity contribution in [3.8, 4) is 5.75 Å². The maximum atomic E-state index is 12.2. The molecule has 2 aromatic rings. The number of rotatable bonds is 7. The zero-order chi connectivity index (χ0) is 16.8. The fourth-order valence-corrected chi connectivity index (χ4v) is 3.01. The predicted molar refractivity (Wildman–Crippen MR) is 91.1 cm³/mol. The van der Waals surface area contributed by atoms with Crippen LogP contribution in [0.15, 0.2) is 30.5 Å². The van der Waals surface area contributed by atoms with Gasteiger partial charge in [-0.2, -0.15) is 0 Å². The average molecular weight is 333 g/mol. The maximum absolute atomic E-state index is 12.2. The van der Waals surface area contributed by atoms with Gasteiger partial charge in [0.05, 0.1) is 25.2 Å². The molecule has 1 aromatic heterocycles. The van der Waals surface area contributed by atoms with Crippen LogP contribution in [0.3, 0.4) is 0 Å². The van der Waals surface area contributed by atoms with E-state index in [0.717, 1.165) is 49.9 Å². The summed E-state index contributed by atoms with van der Waals surface area (Å²) < 4.78 is 19.4. The van der Waals surface area contributed by atoms with Gasteiger partial charge in [-0.1, -0.05) is 17.3 Å². The summed E-state index contributed by atoms with van der Waals surface area (Å²) >= 11 is 0. The molecule has 0 N–H and O–H groups in total. The van der Waals surface area contributed by atoms with Crippen LogP contribution in [-0.2, 0) is 13.1 Å². The minimum absolute atomic E-state index is 0.319. The summed E-state index contributed by atoms with van der Waals surface area (Å²) in [7, 11) is 1.71. The Hall–Kier alpha value is -2.15. The molecule has 0 bridgehead atoms. The van der Waals surface area contributed by atoms with Crippen LogP contribution in [0.2, 0.25) is 0 Å². The number of aryl methyl sites for hydroxylation is 1. The number of ether oxygens (including phenoxy) is 1. The van der Waals surface area contributed by atoms with Crippen molar-refractivity contribution in [3.63, 3.8) is 0 Å². The lowest BCUT2D eigenvalue weighted by Gasteiger charge is -2.36. The fourth-order valence-electron chi connectivity index (χ4n) is 3.01. The highest BCUT2D eigenvalue weighted by Crippen LogP contribution is 2.28. The Morgan fingerprint density at radius 2 is 1.96 bits per heavy atom. The third-order valence-electron chi connectivity index (χ3n) is 4.29. The molecular weight excluding hydrogens is 309 g/mol. The number of para-hydroxylation sites is 2. The molecule has 24 heavy (non-hydrogen) atoms. The van der Waals surface area contributed by atoms with Crippen molar-refractivity contribution >= 4 is 5.69 Å². The molecule has 0 saturated carbocycles. The van der Waals surface area contributed by atoms with Gasteiger partial charge in [0.15, 0.2) is 0 Å². The number of alkyl halides is 1. The molecule has 1 aliphatic rings. The van der Waals surface area contributed by atoms with E-state index in [2.05, 4.69) is 26.2 Å². The van der Waals surface area contributed by atoms with Gasteiger partial charge in [-0.3, -0.25) is 14.0 Å². The van der Waals surface area contributed by atoms with E-state index in [1.165, 1.54) is 0 Å². The van der Waals surface area contributed by atoms with E-state index in [1.807, 2.05) is 24.4 Å². The number of halogens is 1. The highest BCUT2D eigenvalue weighted by Gasteiger charge is 2.20. The minimum Gasteiger partial charge on any atom is -0.495 e. The topological polar surface area (TPSA) is 46.4 Å². The molecule has 0 radical (unpaired) electrons. The molecule has 1 fully saturated rings. The summed E-state index contributed by atoms with van der Waals surface area (Å²) in [5.74, 6) is 0.918. The monoisotopic (exact) mass is 333 g/mol. The molecule has 2 heterocycles. The highest BCUT2D eigenvalue weighted by molar-refractivity contribution is 5.58. The van der Waals surface area contributed by atoms with Crippen molar-refractivity contribution in [2.24, 2.45) is 0 Å². The van der Waals surface area contributed by atoms with Gasteiger partial charge in [0.1, 0.15) is 5.75 Å². The predicted octanol–water partition coefficient (Wildman–Crippen LogP) is 1.97. The zero-order valence-electron chi connectivity index (χ0n) is 14.1. The van der Waals surface area contributed by atoms with Crippen LogP contribution in [0.5, 0.6) is 5.75 Å². The number of benzene rings is 1. The molecule has 1 aromatic carbocycles. The van der Waals surface area contributed by atoms with Gasteiger partial charge in [0.25, 0.3) is 0 Å². The first-order valence-electron chi connectivity index (χ1n) is 8.35. The summed E-state index contributed by atoms with van der Waals surface area (Å²) in [5.41, 5.74) is 2.09. The summed E-state index contributed by atoms with van der Waals surface area (Å²) in [6, 6.07) is 8.13. The van der Waals surface area contributed by atoms with Gasteiger partial charge < -0.3 is 9.64 Å². The van der Waals surface area contributed by atoms with Gasteiger partial charge in [-0.25, -0.2) is 0 Å². The van der Waals surface area contributed by atoms with Crippen LogP contribution in [0.1, 0.15) is 12.1 Å². The van der Waals surface area contributed by atoms with Crippen molar-refractivity contribution in [3.05, 3.63) is 36.2 Å². The zero-order valence-corrected chi connectivity index (χ0v) is 14.1. The Morgan fingerprint density at radius 1 is 1.17 bits per heavy atom. The Morgan fingerprint density at radius 3 is 2.71 bits per heavy atom. The molecule has 6 nitrogen and oxygen atoms in total. The molecule has 0 aliphatic carbocycles. The number of aromatic nitrogens is 3. The molecule has 130 valence electrons. The van der Waals surface area contributed by atoms with Gasteiger partial charge >= 0.3 is 0 Å². The van der Waals surface area contributed by atoms with E-state index in [0.29, 0.717) is 13.0 Å². The van der Waals surface area contributed by atoms with Crippen LogP contribution in [0.25, 0.3) is 0 Å². The van der Waals surface area contributed by atoms with Crippen molar-refractivity contribution in [2.75, 3.05) is 44.9 Å². The van der Waals surface area contributed by atoms with Crippen LogP contribution in [-0.4, -0.2) is 59.9 Å². The number of methoxy groups -OCH3 is 1. The molecular formula is C17H24FN5O. The van der Waals surface area contributed by atoms with E-state index in [1.54, 1.807) is 11.8 Å². The third kappa shape index (κ3) is 4.03. The van der Waals surface area contributed by atoms with Crippen molar-refractivity contribution in [1.29, 1.82) is 0 Å². The second-order valence-electron chi connectivity index (χ2n) is 5.95. The molecule has 1 saturated heterocycles. The lowest BCUT2D eigenvalue weighted by molar-refractivity contribution is 0.246. The first-order valence-corrected chi connectivity index (χ1v) is 8.35. The molecule has 3 rings (SSSR count). The third-order valence-corrected chi connectivity index (χ3v) is 4.29. The average Bonchev–Trinajstić information content (AvgIpc) is 3.08. The van der Waals surface area contributed by atoms with E-state index in [9.17, 15) is 4.39 Å². The van der Waals surface area contributed by atoms with E-state index >= 15 is 0 Å². The van der Waals surface area contributed by atoms with Crippen LogP contribution < -0.4 is 9.64 Å². The van der Waals surface area contributed by atoms with Crippen LogP contribution >= 0.6 is 0 Å². The molecule has 0 unspecified atom stereocenters. The summed E-state index contributed by atoms with van der Waals surface area (Å²) in [6.07, 6.45) is 2.41. The van der Waals surface area contributed by atoms with Crippen LogP contribution in [0.4, 0.5) is 10.1 Å². The van der Waals surface area contributed by atoms with Crippen LogP contribution in [0, 0.1) is 0 Å². The first-order chi connectivity index (χ1) is 11.8. The first kappa shape index (κ1) is 16.7. The number of hydrogen-bond acceptors (Lipinski definition) is 5. The Kier molecular flexibility index (Phi) is 5.63. The molecule has 0 amide bonds. The second-order valence-corrected chi connectivity index (χ2v) is 5.95. The van der Waals surface area contributed by atoms with Gasteiger partial charge in [0, 0.05) is 45.5 Å². The number of hydrogen-bond donors (Lipinski definition) is 0. The largest absolute Gasteiger partial charge is 0.495 e. The number of nitrogens with zero attached hydrogens (tertiary/aromatic N) is 5. The Balaban J connectivity index is 1.52. The van der Waals surface area contributed by atoms with Gasteiger partial charge in [0.2, 0.25) is 0 Å². The second kappa shape index (κ2) is 8.10. The summed E-state index contributed by atoms with van der Waals surface area (Å²) in [5, 5.41) is 8.23. The van der Waals surface area contributed by atoms with Gasteiger partial charge in [-0.05, 0) is 18.6 Å². The van der Waals surface area contributed by atoms with E-state index < -0.39 is 0 Å². The molecule has 7 heteroatoms. The highest BCUT2D eigenvalue weighted by atomic mass is 19.1. The van der Waals surface area contributed by atoms with E-state index in [-0.39, 0.29) is 6.67 Å². The molecule has 0 atom stereocenters. The minimum atomic E-state index is -0.319. The Bertz CT molecular complexity index is 639. The van der Waals surface area contributed by atoms with Crippen molar-refractivity contribution < 1.29 is 9.13 Å². The fraction of sp³-hybridized carbons (Fsp3) is 0.529. The lowest BCUT2D eigenvalue weighted by Crippen LogP contribution is -2.46. The van der Waals surface area contributed by atoms with Gasteiger partial charge in [-0.15, -0.1) is 5.10 Å². The summed E-state index contributed by atoms with van der Waals surface area (Å²) in [6.45, 7) is 4.90. The Labute approximate surface area is 141 Å². The quantitative estimate of drug-likeness (QED) is 0.775. The standard InChI is InChI=1S/C17H24FN5O/c1-24-17-6-3-2-5-16(17)22-11-9-21(10-12-22)13-15-14-23(20-19-15)8-4-7-18/h2-3,5-6,14H,4,7-13H2,1H3. The van der Waals surface area contributed by atoms with Crippen molar-refractivity contribution in [2.45, 2.75) is 19.5 Å². The maximum Gasteiger partial charge on any atom is 0.142 e. The molecule has 0 spiro atoms. The smallest absolute Gasteiger partial charge is 0.142 e. The summed E-state index contributed by atoms with van der Waals surface area (Å²) in [4.78, 5) is 4.73. The lowest BCUT2D eigenvalue weighted by atomic mass is 10.2. The number of piperazine rings is 1. The van der Waals surface area contributed by atoms with E-state index in [4.69, 9.17) is 4.74 Å². The van der Waals surface area contributed by atoms with Crippen molar-refractivity contribution in [1.82, 2.24) is 19.9 Å². The number of anilines is 1.